The minimum atomic E-state index is 0.372. The van der Waals surface area contributed by atoms with Crippen LogP contribution in [-0.2, 0) is 13.1 Å². The number of hydrogen-bond acceptors (Lipinski definition) is 5. The Labute approximate surface area is 195 Å². The van der Waals surface area contributed by atoms with Crippen molar-refractivity contribution in [3.63, 3.8) is 0 Å². The topological polar surface area (TPSA) is 56.1 Å². The maximum absolute atomic E-state index is 6.40. The van der Waals surface area contributed by atoms with E-state index >= 15 is 0 Å². The van der Waals surface area contributed by atoms with Crippen LogP contribution >= 0.6 is 0 Å². The molecule has 1 fully saturated rings. The molecule has 1 aliphatic heterocycles. The van der Waals surface area contributed by atoms with Gasteiger partial charge < -0.3 is 9.30 Å². The fraction of sp³-hybridized carbons (Fsp3) is 0.370. The normalized spacial score (nSPS) is 16.8. The molecule has 0 radical (unpaired) electrons. The van der Waals surface area contributed by atoms with E-state index in [1.54, 1.807) is 6.33 Å². The van der Waals surface area contributed by atoms with Gasteiger partial charge in [-0.25, -0.2) is 9.97 Å². The lowest BCUT2D eigenvalue weighted by atomic mass is 10.0. The van der Waals surface area contributed by atoms with Crippen LogP contribution in [0.5, 0.6) is 5.88 Å². The first-order valence-corrected chi connectivity index (χ1v) is 11.8. The van der Waals surface area contributed by atoms with Gasteiger partial charge in [0.2, 0.25) is 5.88 Å². The van der Waals surface area contributed by atoms with E-state index in [0.29, 0.717) is 18.5 Å². The average molecular weight is 442 g/mol. The second-order valence-electron chi connectivity index (χ2n) is 8.95. The number of piperidine rings is 1. The number of aromatic nitrogens is 4. The zero-order valence-corrected chi connectivity index (χ0v) is 19.4. The SMILES string of the molecule is Cc1c(C)n(Cc2ccccc2)c2ncnc(OCC3CCCCN3Cc3cccnc3)c12. The third kappa shape index (κ3) is 4.62. The molecular formula is C27H31N5O. The van der Waals surface area contributed by atoms with Crippen LogP contribution in [0, 0.1) is 13.8 Å². The van der Waals surface area contributed by atoms with Gasteiger partial charge in [0.15, 0.2) is 0 Å². The molecule has 0 aliphatic carbocycles. The van der Waals surface area contributed by atoms with E-state index in [1.165, 1.54) is 35.2 Å². The van der Waals surface area contributed by atoms with Gasteiger partial charge in [0.05, 0.1) is 5.39 Å². The largest absolute Gasteiger partial charge is 0.475 e. The molecule has 4 aromatic rings. The second kappa shape index (κ2) is 9.71. The summed E-state index contributed by atoms with van der Waals surface area (Å²) in [5.74, 6) is 0.694. The van der Waals surface area contributed by atoms with Gasteiger partial charge in [-0.3, -0.25) is 9.88 Å². The molecule has 3 aromatic heterocycles. The Kier molecular flexibility index (Phi) is 6.35. The molecule has 1 aromatic carbocycles. The molecule has 170 valence electrons. The van der Waals surface area contributed by atoms with Gasteiger partial charge >= 0.3 is 0 Å². The Balaban J connectivity index is 1.37. The van der Waals surface area contributed by atoms with Crippen molar-refractivity contribution in [3.05, 3.63) is 83.6 Å². The van der Waals surface area contributed by atoms with Crippen molar-refractivity contribution in [2.45, 2.75) is 52.2 Å². The molecule has 6 nitrogen and oxygen atoms in total. The Hall–Kier alpha value is -3.25. The van der Waals surface area contributed by atoms with Crippen molar-refractivity contribution < 1.29 is 4.74 Å². The fourth-order valence-corrected chi connectivity index (χ4v) is 4.86. The van der Waals surface area contributed by atoms with Gasteiger partial charge in [-0.1, -0.05) is 42.8 Å². The molecule has 4 heterocycles. The molecule has 1 unspecified atom stereocenters. The van der Waals surface area contributed by atoms with Crippen molar-refractivity contribution in [1.29, 1.82) is 0 Å². The van der Waals surface area contributed by atoms with Crippen LogP contribution in [0.2, 0.25) is 0 Å². The summed E-state index contributed by atoms with van der Waals surface area (Å²) in [6, 6.07) is 15.0. The van der Waals surface area contributed by atoms with E-state index in [4.69, 9.17) is 4.74 Å². The van der Waals surface area contributed by atoms with Gasteiger partial charge in [0.1, 0.15) is 18.6 Å². The van der Waals surface area contributed by atoms with Crippen molar-refractivity contribution in [2.24, 2.45) is 0 Å². The molecule has 0 N–H and O–H groups in total. The van der Waals surface area contributed by atoms with E-state index in [-0.39, 0.29) is 0 Å². The zero-order chi connectivity index (χ0) is 22.6. The van der Waals surface area contributed by atoms with Crippen molar-refractivity contribution in [3.8, 4) is 5.88 Å². The molecular weight excluding hydrogens is 410 g/mol. The standard InChI is InChI=1S/C27H31N5O/c1-20-21(2)32(17-22-9-4-3-5-10-22)26-25(20)27(30-19-29-26)33-18-24-12-6-7-14-31(24)16-23-11-8-13-28-15-23/h3-5,8-11,13,15,19,24H,6-7,12,14,16-18H2,1-2H3. The van der Waals surface area contributed by atoms with Crippen LogP contribution < -0.4 is 4.74 Å². The van der Waals surface area contributed by atoms with Crippen molar-refractivity contribution in [1.82, 2.24) is 24.4 Å². The number of ether oxygens (including phenoxy) is 1. The van der Waals surface area contributed by atoms with Gasteiger partial charge in [-0.15, -0.1) is 0 Å². The number of benzene rings is 1. The van der Waals surface area contributed by atoms with Crippen LogP contribution in [0.15, 0.2) is 61.2 Å². The number of hydrogen-bond donors (Lipinski definition) is 0. The van der Waals surface area contributed by atoms with Gasteiger partial charge in [0.25, 0.3) is 0 Å². The molecule has 0 bridgehead atoms. The third-order valence-electron chi connectivity index (χ3n) is 6.82. The van der Waals surface area contributed by atoms with Crippen LogP contribution in [0.3, 0.4) is 0 Å². The first kappa shape index (κ1) is 21.6. The summed E-state index contributed by atoms with van der Waals surface area (Å²) in [7, 11) is 0. The maximum Gasteiger partial charge on any atom is 0.226 e. The zero-order valence-electron chi connectivity index (χ0n) is 19.4. The molecule has 1 aliphatic rings. The summed E-state index contributed by atoms with van der Waals surface area (Å²) < 4.78 is 8.67. The Bertz CT molecular complexity index is 1210. The van der Waals surface area contributed by atoms with Crippen LogP contribution in [-0.4, -0.2) is 43.6 Å². The van der Waals surface area contributed by atoms with Gasteiger partial charge in [-0.2, -0.15) is 0 Å². The summed E-state index contributed by atoms with van der Waals surface area (Å²) in [4.78, 5) is 16.0. The maximum atomic E-state index is 6.40. The number of aryl methyl sites for hydroxylation is 1. The molecule has 6 heteroatoms. The second-order valence-corrected chi connectivity index (χ2v) is 8.95. The summed E-state index contributed by atoms with van der Waals surface area (Å²) in [6.45, 7) is 7.72. The summed E-state index contributed by atoms with van der Waals surface area (Å²) in [5, 5.41) is 1.03. The van der Waals surface area contributed by atoms with E-state index in [0.717, 1.165) is 37.1 Å². The van der Waals surface area contributed by atoms with E-state index in [2.05, 4.69) is 68.6 Å². The van der Waals surface area contributed by atoms with Crippen LogP contribution in [0.4, 0.5) is 0 Å². The van der Waals surface area contributed by atoms with Crippen LogP contribution in [0.1, 0.15) is 41.6 Å². The summed E-state index contributed by atoms with van der Waals surface area (Å²) >= 11 is 0. The highest BCUT2D eigenvalue weighted by molar-refractivity contribution is 5.86. The number of nitrogens with zero attached hydrogens (tertiary/aromatic N) is 5. The monoisotopic (exact) mass is 441 g/mol. The highest BCUT2D eigenvalue weighted by Crippen LogP contribution is 2.31. The number of fused-ring (bicyclic) bond motifs is 1. The highest BCUT2D eigenvalue weighted by Gasteiger charge is 2.25. The van der Waals surface area contributed by atoms with E-state index in [1.807, 2.05) is 24.5 Å². The predicted octanol–water partition coefficient (Wildman–Crippen LogP) is 4.92. The van der Waals surface area contributed by atoms with Gasteiger partial charge in [-0.05, 0) is 56.0 Å². The van der Waals surface area contributed by atoms with Crippen LogP contribution in [0.25, 0.3) is 11.0 Å². The van der Waals surface area contributed by atoms with E-state index in [9.17, 15) is 0 Å². The lowest BCUT2D eigenvalue weighted by Crippen LogP contribution is -2.42. The molecule has 0 amide bonds. The number of likely N-dealkylation sites (tertiary alicyclic amines) is 1. The van der Waals surface area contributed by atoms with E-state index < -0.39 is 0 Å². The highest BCUT2D eigenvalue weighted by atomic mass is 16.5. The number of rotatable bonds is 7. The quantitative estimate of drug-likeness (QED) is 0.407. The average Bonchev–Trinajstić information content (AvgIpc) is 3.10. The first-order valence-electron chi connectivity index (χ1n) is 11.8. The lowest BCUT2D eigenvalue weighted by molar-refractivity contribution is 0.0920. The fourth-order valence-electron chi connectivity index (χ4n) is 4.86. The number of pyridine rings is 1. The molecule has 0 saturated carbocycles. The Morgan fingerprint density at radius 1 is 0.970 bits per heavy atom. The Morgan fingerprint density at radius 3 is 2.64 bits per heavy atom. The first-order chi connectivity index (χ1) is 16.2. The van der Waals surface area contributed by atoms with Gasteiger partial charge in [0, 0.05) is 37.2 Å². The summed E-state index contributed by atoms with van der Waals surface area (Å²) in [5.41, 5.74) is 5.84. The minimum absolute atomic E-state index is 0.372. The van der Waals surface area contributed by atoms with Crippen molar-refractivity contribution >= 4 is 11.0 Å². The summed E-state index contributed by atoms with van der Waals surface area (Å²) in [6.07, 6.45) is 9.03. The third-order valence-corrected chi connectivity index (χ3v) is 6.82. The molecule has 0 spiro atoms. The predicted molar refractivity (Wildman–Crippen MR) is 130 cm³/mol. The smallest absolute Gasteiger partial charge is 0.226 e. The minimum Gasteiger partial charge on any atom is -0.475 e. The molecule has 1 atom stereocenters. The molecule has 1 saturated heterocycles. The van der Waals surface area contributed by atoms with Crippen molar-refractivity contribution in [2.75, 3.05) is 13.2 Å². The molecule has 33 heavy (non-hydrogen) atoms. The Morgan fingerprint density at radius 2 is 1.82 bits per heavy atom. The lowest BCUT2D eigenvalue weighted by Gasteiger charge is -2.35. The molecule has 5 rings (SSSR count).